The summed E-state index contributed by atoms with van der Waals surface area (Å²) >= 11 is 1.71. The van der Waals surface area contributed by atoms with E-state index in [4.69, 9.17) is 0 Å². The van der Waals surface area contributed by atoms with Gasteiger partial charge in [0.25, 0.3) is 0 Å². The SMILES string of the molecule is CCNc1ncc(CN2CC(O)CC2CN(C)C)s1. The van der Waals surface area contributed by atoms with Crippen molar-refractivity contribution in [2.24, 2.45) is 0 Å². The van der Waals surface area contributed by atoms with Crippen molar-refractivity contribution >= 4 is 16.5 Å². The third-order valence-corrected chi connectivity index (χ3v) is 4.26. The van der Waals surface area contributed by atoms with Crippen LogP contribution < -0.4 is 5.32 Å². The Morgan fingerprint density at radius 2 is 2.37 bits per heavy atom. The fourth-order valence-corrected chi connectivity index (χ4v) is 3.48. The molecule has 0 saturated carbocycles. The molecular weight excluding hydrogens is 260 g/mol. The average Bonchev–Trinajstić information content (AvgIpc) is 2.87. The van der Waals surface area contributed by atoms with Gasteiger partial charge in [-0.05, 0) is 27.4 Å². The summed E-state index contributed by atoms with van der Waals surface area (Å²) < 4.78 is 0. The maximum absolute atomic E-state index is 9.87. The number of aliphatic hydroxyl groups is 1. The molecule has 1 aliphatic rings. The van der Waals surface area contributed by atoms with E-state index in [9.17, 15) is 5.11 Å². The highest BCUT2D eigenvalue weighted by Crippen LogP contribution is 2.25. The van der Waals surface area contributed by atoms with Crippen molar-refractivity contribution in [1.82, 2.24) is 14.8 Å². The van der Waals surface area contributed by atoms with Crippen LogP contribution in [0, 0.1) is 0 Å². The Hall–Kier alpha value is -0.690. The summed E-state index contributed by atoms with van der Waals surface area (Å²) in [5.74, 6) is 0. The van der Waals surface area contributed by atoms with Crippen LogP contribution >= 0.6 is 11.3 Å². The molecule has 6 heteroatoms. The van der Waals surface area contributed by atoms with Crippen LogP contribution in [0.2, 0.25) is 0 Å². The van der Waals surface area contributed by atoms with Crippen LogP contribution in [0.15, 0.2) is 6.20 Å². The minimum absolute atomic E-state index is 0.189. The van der Waals surface area contributed by atoms with E-state index in [1.54, 1.807) is 11.3 Å². The zero-order valence-corrected chi connectivity index (χ0v) is 12.8. The summed E-state index contributed by atoms with van der Waals surface area (Å²) in [6.45, 7) is 5.63. The largest absolute Gasteiger partial charge is 0.392 e. The van der Waals surface area contributed by atoms with E-state index in [2.05, 4.69) is 41.1 Å². The van der Waals surface area contributed by atoms with Crippen molar-refractivity contribution < 1.29 is 5.11 Å². The Morgan fingerprint density at radius 1 is 1.58 bits per heavy atom. The molecule has 1 saturated heterocycles. The van der Waals surface area contributed by atoms with E-state index in [-0.39, 0.29) is 6.10 Å². The van der Waals surface area contributed by atoms with Crippen LogP contribution in [0.4, 0.5) is 5.13 Å². The van der Waals surface area contributed by atoms with Gasteiger partial charge in [-0.15, -0.1) is 11.3 Å². The number of rotatable bonds is 6. The standard InChI is InChI=1S/C13H24N4OS/c1-4-14-13-15-6-12(19-13)9-17-8-11(18)5-10(17)7-16(2)3/h6,10-11,18H,4-5,7-9H2,1-3H3,(H,14,15). The highest BCUT2D eigenvalue weighted by Gasteiger charge is 2.31. The highest BCUT2D eigenvalue weighted by molar-refractivity contribution is 7.15. The number of nitrogens with one attached hydrogen (secondary N) is 1. The lowest BCUT2D eigenvalue weighted by Crippen LogP contribution is -2.36. The second kappa shape index (κ2) is 6.65. The van der Waals surface area contributed by atoms with Gasteiger partial charge in [-0.3, -0.25) is 4.90 Å². The monoisotopic (exact) mass is 284 g/mol. The van der Waals surface area contributed by atoms with Gasteiger partial charge in [0.05, 0.1) is 6.10 Å². The summed E-state index contributed by atoms with van der Waals surface area (Å²) in [5, 5.41) is 14.1. The number of thiazole rings is 1. The van der Waals surface area contributed by atoms with Gasteiger partial charge in [0, 0.05) is 43.3 Å². The molecule has 0 radical (unpaired) electrons. The number of aliphatic hydroxyl groups excluding tert-OH is 1. The average molecular weight is 284 g/mol. The summed E-state index contributed by atoms with van der Waals surface area (Å²) in [5.41, 5.74) is 0. The molecule has 2 unspecified atom stereocenters. The maximum atomic E-state index is 9.87. The van der Waals surface area contributed by atoms with Gasteiger partial charge in [-0.2, -0.15) is 0 Å². The molecule has 19 heavy (non-hydrogen) atoms. The Morgan fingerprint density at radius 3 is 3.05 bits per heavy atom. The lowest BCUT2D eigenvalue weighted by molar-refractivity contribution is 0.170. The lowest BCUT2D eigenvalue weighted by Gasteiger charge is -2.25. The van der Waals surface area contributed by atoms with Crippen molar-refractivity contribution in [3.63, 3.8) is 0 Å². The first-order valence-electron chi connectivity index (χ1n) is 6.84. The molecule has 1 aliphatic heterocycles. The zero-order valence-electron chi connectivity index (χ0n) is 12.0. The molecule has 0 aliphatic carbocycles. The molecule has 1 aromatic rings. The number of likely N-dealkylation sites (tertiary alicyclic amines) is 1. The van der Waals surface area contributed by atoms with Gasteiger partial charge in [-0.25, -0.2) is 4.98 Å². The second-order valence-electron chi connectivity index (χ2n) is 5.40. The normalized spacial score (nSPS) is 24.3. The Bertz CT molecular complexity index is 396. The first-order chi connectivity index (χ1) is 9.08. The molecule has 0 spiro atoms. The number of hydrogen-bond acceptors (Lipinski definition) is 6. The van der Waals surface area contributed by atoms with E-state index in [1.807, 2.05) is 6.20 Å². The number of anilines is 1. The topological polar surface area (TPSA) is 51.6 Å². The minimum Gasteiger partial charge on any atom is -0.392 e. The summed E-state index contributed by atoms with van der Waals surface area (Å²) in [4.78, 5) is 10.2. The number of hydrogen-bond donors (Lipinski definition) is 2. The maximum Gasteiger partial charge on any atom is 0.182 e. The molecule has 1 fully saturated rings. The van der Waals surface area contributed by atoms with Crippen molar-refractivity contribution in [3.05, 3.63) is 11.1 Å². The molecule has 0 aromatic carbocycles. The lowest BCUT2D eigenvalue weighted by atomic mass is 10.2. The molecule has 5 nitrogen and oxygen atoms in total. The van der Waals surface area contributed by atoms with Gasteiger partial charge >= 0.3 is 0 Å². The van der Waals surface area contributed by atoms with Gasteiger partial charge in [0.15, 0.2) is 5.13 Å². The Balaban J connectivity index is 1.95. The summed E-state index contributed by atoms with van der Waals surface area (Å²) in [6.07, 6.45) is 2.63. The number of β-amino-alcohol motifs (C(OH)–C–C–N with tert-alkyl or cyclic N) is 1. The Labute approximate surface area is 119 Å². The van der Waals surface area contributed by atoms with Gasteiger partial charge in [0.1, 0.15) is 0 Å². The van der Waals surface area contributed by atoms with E-state index in [0.29, 0.717) is 6.04 Å². The first-order valence-corrected chi connectivity index (χ1v) is 7.65. The quantitative estimate of drug-likeness (QED) is 0.818. The third-order valence-electron chi connectivity index (χ3n) is 3.32. The van der Waals surface area contributed by atoms with Crippen LogP contribution in [0.3, 0.4) is 0 Å². The van der Waals surface area contributed by atoms with Gasteiger partial charge < -0.3 is 15.3 Å². The number of aromatic nitrogens is 1. The van der Waals surface area contributed by atoms with Crippen molar-refractivity contribution in [1.29, 1.82) is 0 Å². The van der Waals surface area contributed by atoms with E-state index in [1.165, 1.54) is 4.88 Å². The van der Waals surface area contributed by atoms with E-state index < -0.39 is 0 Å². The van der Waals surface area contributed by atoms with Gasteiger partial charge in [0.2, 0.25) is 0 Å². The molecule has 0 amide bonds. The fourth-order valence-electron chi connectivity index (χ4n) is 2.58. The zero-order chi connectivity index (χ0) is 13.8. The molecule has 2 atom stereocenters. The second-order valence-corrected chi connectivity index (χ2v) is 6.51. The number of likely N-dealkylation sites (N-methyl/N-ethyl adjacent to an activating group) is 1. The van der Waals surface area contributed by atoms with Crippen molar-refractivity contribution in [2.75, 3.05) is 39.0 Å². The summed E-state index contributed by atoms with van der Waals surface area (Å²) in [7, 11) is 4.16. The van der Waals surface area contributed by atoms with Crippen LogP contribution in [-0.4, -0.2) is 65.8 Å². The minimum atomic E-state index is -0.189. The molecule has 108 valence electrons. The summed E-state index contributed by atoms with van der Waals surface area (Å²) in [6, 6.07) is 0.440. The molecule has 2 rings (SSSR count). The Kier molecular flexibility index (Phi) is 5.15. The van der Waals surface area contributed by atoms with Crippen LogP contribution in [0.1, 0.15) is 18.2 Å². The molecule has 2 heterocycles. The molecular formula is C13H24N4OS. The predicted octanol–water partition coefficient (Wildman–Crippen LogP) is 1.07. The van der Waals surface area contributed by atoms with Crippen molar-refractivity contribution in [3.8, 4) is 0 Å². The molecule has 2 N–H and O–H groups in total. The highest BCUT2D eigenvalue weighted by atomic mass is 32.1. The van der Waals surface area contributed by atoms with Crippen LogP contribution in [0.25, 0.3) is 0 Å². The van der Waals surface area contributed by atoms with Gasteiger partial charge in [-0.1, -0.05) is 0 Å². The third kappa shape index (κ3) is 4.14. The number of nitrogens with zero attached hydrogens (tertiary/aromatic N) is 3. The predicted molar refractivity (Wildman–Crippen MR) is 79.7 cm³/mol. The van der Waals surface area contributed by atoms with Crippen LogP contribution in [0.5, 0.6) is 0 Å². The fraction of sp³-hybridized carbons (Fsp3) is 0.769. The molecule has 0 bridgehead atoms. The van der Waals surface area contributed by atoms with Crippen LogP contribution in [-0.2, 0) is 6.54 Å². The van der Waals surface area contributed by atoms with E-state index in [0.717, 1.165) is 37.7 Å². The van der Waals surface area contributed by atoms with Crippen molar-refractivity contribution in [2.45, 2.75) is 32.0 Å². The smallest absolute Gasteiger partial charge is 0.182 e. The molecule has 1 aromatic heterocycles. The first kappa shape index (κ1) is 14.7. The van der Waals surface area contributed by atoms with E-state index >= 15 is 0 Å².